The lowest BCUT2D eigenvalue weighted by Gasteiger charge is -2.25. The van der Waals surface area contributed by atoms with E-state index in [0.29, 0.717) is 0 Å². The van der Waals surface area contributed by atoms with Gasteiger partial charge in [-0.25, -0.2) is 0 Å². The van der Waals surface area contributed by atoms with Crippen molar-refractivity contribution >= 4 is 0 Å². The second kappa shape index (κ2) is 5.55. The van der Waals surface area contributed by atoms with Crippen molar-refractivity contribution in [3.8, 4) is 11.3 Å². The minimum absolute atomic E-state index is 0.852. The largest absolute Gasteiger partial charge is 0.356 e. The van der Waals surface area contributed by atoms with E-state index in [-0.39, 0.29) is 0 Å². The molecule has 1 aromatic carbocycles. The molecular formula is C15H19N3O. The van der Waals surface area contributed by atoms with Crippen LogP contribution in [0.15, 0.2) is 34.9 Å². The Morgan fingerprint density at radius 2 is 1.95 bits per heavy atom. The van der Waals surface area contributed by atoms with Crippen molar-refractivity contribution < 1.29 is 4.52 Å². The normalized spacial score (nSPS) is 16.7. The van der Waals surface area contributed by atoms with Crippen LogP contribution in [0.1, 0.15) is 11.3 Å². The maximum Gasteiger partial charge on any atom is 0.167 e. The zero-order valence-electron chi connectivity index (χ0n) is 11.2. The highest BCUT2D eigenvalue weighted by atomic mass is 16.5. The summed E-state index contributed by atoms with van der Waals surface area (Å²) in [6.45, 7) is 7.22. The Hall–Kier alpha value is -1.65. The molecule has 2 heterocycles. The highest BCUT2D eigenvalue weighted by molar-refractivity contribution is 5.57. The van der Waals surface area contributed by atoms with Gasteiger partial charge in [-0.05, 0) is 6.92 Å². The first-order valence-electron chi connectivity index (χ1n) is 6.77. The van der Waals surface area contributed by atoms with E-state index in [4.69, 9.17) is 4.52 Å². The molecule has 4 heteroatoms. The first-order chi connectivity index (χ1) is 9.31. The second-order valence-electron chi connectivity index (χ2n) is 5.07. The van der Waals surface area contributed by atoms with Gasteiger partial charge in [0.2, 0.25) is 0 Å². The maximum absolute atomic E-state index is 5.44. The Morgan fingerprint density at radius 1 is 1.21 bits per heavy atom. The Balaban J connectivity index is 1.70. The summed E-state index contributed by atoms with van der Waals surface area (Å²) >= 11 is 0. The summed E-state index contributed by atoms with van der Waals surface area (Å²) in [6.07, 6.45) is 0. The van der Waals surface area contributed by atoms with Crippen LogP contribution in [-0.2, 0) is 6.54 Å². The summed E-state index contributed by atoms with van der Waals surface area (Å²) in [5.74, 6) is 0.852. The minimum atomic E-state index is 0.852. The Bertz CT molecular complexity index is 527. The number of benzene rings is 1. The lowest BCUT2D eigenvalue weighted by molar-refractivity contribution is 0.227. The van der Waals surface area contributed by atoms with E-state index in [9.17, 15) is 0 Å². The molecule has 1 fully saturated rings. The van der Waals surface area contributed by atoms with Crippen molar-refractivity contribution in [2.75, 3.05) is 26.2 Å². The Kier molecular flexibility index (Phi) is 3.62. The van der Waals surface area contributed by atoms with Crippen LogP contribution in [0.4, 0.5) is 0 Å². The smallest absolute Gasteiger partial charge is 0.167 e. The van der Waals surface area contributed by atoms with Gasteiger partial charge in [0.25, 0.3) is 0 Å². The lowest BCUT2D eigenvalue weighted by atomic mass is 10.1. The number of nitrogens with one attached hydrogen (secondary N) is 1. The summed E-state index contributed by atoms with van der Waals surface area (Å²) in [7, 11) is 0. The molecular weight excluding hydrogens is 238 g/mol. The molecule has 1 aliphatic heterocycles. The fraction of sp³-hybridized carbons (Fsp3) is 0.400. The first-order valence-corrected chi connectivity index (χ1v) is 6.77. The predicted molar refractivity (Wildman–Crippen MR) is 74.8 cm³/mol. The average molecular weight is 257 g/mol. The van der Waals surface area contributed by atoms with E-state index < -0.39 is 0 Å². The quantitative estimate of drug-likeness (QED) is 0.913. The van der Waals surface area contributed by atoms with Gasteiger partial charge in [-0.3, -0.25) is 4.90 Å². The monoisotopic (exact) mass is 257 g/mol. The molecule has 0 aliphatic carbocycles. The molecule has 0 atom stereocenters. The van der Waals surface area contributed by atoms with Crippen LogP contribution >= 0.6 is 0 Å². The van der Waals surface area contributed by atoms with E-state index in [1.54, 1.807) is 0 Å². The third kappa shape index (κ3) is 3.03. The van der Waals surface area contributed by atoms with Gasteiger partial charge in [-0.15, -0.1) is 0 Å². The van der Waals surface area contributed by atoms with Gasteiger partial charge in [0.05, 0.1) is 5.69 Å². The van der Waals surface area contributed by atoms with Crippen molar-refractivity contribution in [3.63, 3.8) is 0 Å². The zero-order valence-corrected chi connectivity index (χ0v) is 11.2. The van der Waals surface area contributed by atoms with E-state index in [1.807, 2.05) is 6.07 Å². The average Bonchev–Trinajstić information content (AvgIpc) is 2.89. The van der Waals surface area contributed by atoms with Crippen LogP contribution < -0.4 is 5.32 Å². The molecule has 2 aromatic rings. The van der Waals surface area contributed by atoms with Crippen LogP contribution in [0.5, 0.6) is 0 Å². The van der Waals surface area contributed by atoms with Gasteiger partial charge in [0, 0.05) is 44.4 Å². The highest BCUT2D eigenvalue weighted by Gasteiger charge is 2.13. The molecule has 0 spiro atoms. The molecule has 1 aliphatic rings. The number of aryl methyl sites for hydroxylation is 1. The molecule has 3 rings (SSSR count). The number of hydrogen-bond acceptors (Lipinski definition) is 4. The Morgan fingerprint density at radius 3 is 2.68 bits per heavy atom. The van der Waals surface area contributed by atoms with Crippen molar-refractivity contribution in [1.29, 1.82) is 0 Å². The standard InChI is InChI=1S/C15H19N3O/c1-12-2-4-13(5-3-12)15-10-14(17-19-15)11-18-8-6-16-7-9-18/h2-5,10,16H,6-9,11H2,1H3. The van der Waals surface area contributed by atoms with E-state index in [1.165, 1.54) is 5.56 Å². The molecule has 1 aromatic heterocycles. The predicted octanol–water partition coefficient (Wildman–Crippen LogP) is 2.06. The second-order valence-corrected chi connectivity index (χ2v) is 5.07. The van der Waals surface area contributed by atoms with Crippen molar-refractivity contribution in [2.45, 2.75) is 13.5 Å². The van der Waals surface area contributed by atoms with E-state index >= 15 is 0 Å². The fourth-order valence-corrected chi connectivity index (χ4v) is 2.34. The third-order valence-corrected chi connectivity index (χ3v) is 3.49. The number of aromatic nitrogens is 1. The topological polar surface area (TPSA) is 41.3 Å². The SMILES string of the molecule is Cc1ccc(-c2cc(CN3CCNCC3)no2)cc1. The fourth-order valence-electron chi connectivity index (χ4n) is 2.34. The molecule has 0 radical (unpaired) electrons. The first kappa shape index (κ1) is 12.4. The van der Waals surface area contributed by atoms with Gasteiger partial charge in [0.15, 0.2) is 5.76 Å². The summed E-state index contributed by atoms with van der Waals surface area (Å²) in [5, 5.41) is 7.52. The minimum Gasteiger partial charge on any atom is -0.356 e. The van der Waals surface area contributed by atoms with Crippen molar-refractivity contribution in [3.05, 3.63) is 41.6 Å². The van der Waals surface area contributed by atoms with E-state index in [2.05, 4.69) is 46.6 Å². The molecule has 0 bridgehead atoms. The number of nitrogens with zero attached hydrogens (tertiary/aromatic N) is 2. The van der Waals surface area contributed by atoms with Crippen LogP contribution in [0.25, 0.3) is 11.3 Å². The van der Waals surface area contributed by atoms with Gasteiger partial charge in [0.1, 0.15) is 0 Å². The van der Waals surface area contributed by atoms with Crippen LogP contribution in [-0.4, -0.2) is 36.2 Å². The number of hydrogen-bond donors (Lipinski definition) is 1. The molecule has 1 N–H and O–H groups in total. The summed E-state index contributed by atoms with van der Waals surface area (Å²) in [5.41, 5.74) is 3.35. The van der Waals surface area contributed by atoms with Crippen LogP contribution in [0.2, 0.25) is 0 Å². The molecule has 1 saturated heterocycles. The molecule has 0 unspecified atom stereocenters. The molecule has 100 valence electrons. The summed E-state index contributed by atoms with van der Waals surface area (Å²) in [4.78, 5) is 2.40. The van der Waals surface area contributed by atoms with Gasteiger partial charge >= 0.3 is 0 Å². The van der Waals surface area contributed by atoms with Gasteiger partial charge in [-0.1, -0.05) is 35.0 Å². The molecule has 0 saturated carbocycles. The van der Waals surface area contributed by atoms with Gasteiger partial charge < -0.3 is 9.84 Å². The zero-order chi connectivity index (χ0) is 13.1. The van der Waals surface area contributed by atoms with Crippen molar-refractivity contribution in [2.24, 2.45) is 0 Å². The van der Waals surface area contributed by atoms with Crippen molar-refractivity contribution in [1.82, 2.24) is 15.4 Å². The highest BCUT2D eigenvalue weighted by Crippen LogP contribution is 2.21. The summed E-state index contributed by atoms with van der Waals surface area (Å²) in [6, 6.07) is 10.4. The number of piperazine rings is 1. The lowest BCUT2D eigenvalue weighted by Crippen LogP contribution is -2.42. The van der Waals surface area contributed by atoms with E-state index in [0.717, 1.165) is 49.7 Å². The third-order valence-electron chi connectivity index (χ3n) is 3.49. The Labute approximate surface area is 113 Å². The molecule has 19 heavy (non-hydrogen) atoms. The molecule has 4 nitrogen and oxygen atoms in total. The van der Waals surface area contributed by atoms with Gasteiger partial charge in [-0.2, -0.15) is 0 Å². The van der Waals surface area contributed by atoms with Crippen LogP contribution in [0, 0.1) is 6.92 Å². The van der Waals surface area contributed by atoms with Crippen LogP contribution in [0.3, 0.4) is 0 Å². The summed E-state index contributed by atoms with van der Waals surface area (Å²) < 4.78 is 5.44. The number of rotatable bonds is 3. The maximum atomic E-state index is 5.44. The molecule has 0 amide bonds.